The molecule has 0 amide bonds. The molecule has 0 aliphatic carbocycles. The first-order valence-electron chi connectivity index (χ1n) is 6.83. The topological polar surface area (TPSA) is 91.6 Å². The van der Waals surface area contributed by atoms with Crippen LogP contribution >= 0.6 is 0 Å². The van der Waals surface area contributed by atoms with Crippen LogP contribution in [0.5, 0.6) is 0 Å². The molecular formula is C16H15N5O. The highest BCUT2D eigenvalue weighted by Gasteiger charge is 2.16. The zero-order valence-electron chi connectivity index (χ0n) is 12.3. The summed E-state index contributed by atoms with van der Waals surface area (Å²) >= 11 is 0. The van der Waals surface area contributed by atoms with Crippen molar-refractivity contribution >= 4 is 5.95 Å². The summed E-state index contributed by atoms with van der Waals surface area (Å²) in [5.41, 5.74) is 9.81. The fourth-order valence-corrected chi connectivity index (χ4v) is 2.35. The zero-order valence-corrected chi connectivity index (χ0v) is 12.3. The molecule has 0 radical (unpaired) electrons. The average molecular weight is 293 g/mol. The number of benzene rings is 1. The first-order valence-corrected chi connectivity index (χ1v) is 6.83. The van der Waals surface area contributed by atoms with E-state index in [9.17, 15) is 5.21 Å². The van der Waals surface area contributed by atoms with Crippen molar-refractivity contribution < 1.29 is 4.73 Å². The van der Waals surface area contributed by atoms with Gasteiger partial charge in [-0.05, 0) is 0 Å². The standard InChI is InChI=1S/C16H15N5O/c1-10-8-13(9-11(2)21(10)22)15-14(18-16(17)20-19-15)12-6-4-3-5-7-12/h3-9H,1-2H3,(H2,17,18,20). The Kier molecular flexibility index (Phi) is 3.42. The molecule has 6 heteroatoms. The number of nitrogen functional groups attached to an aromatic ring is 1. The predicted molar refractivity (Wildman–Crippen MR) is 83.5 cm³/mol. The number of hydrogen-bond donors (Lipinski definition) is 1. The zero-order chi connectivity index (χ0) is 15.7. The number of hydrogen-bond acceptors (Lipinski definition) is 5. The van der Waals surface area contributed by atoms with Crippen molar-refractivity contribution in [1.82, 2.24) is 15.2 Å². The maximum Gasteiger partial charge on any atom is 0.240 e. The van der Waals surface area contributed by atoms with Gasteiger partial charge in [-0.25, -0.2) is 4.98 Å². The summed E-state index contributed by atoms with van der Waals surface area (Å²) in [5, 5.41) is 19.8. The van der Waals surface area contributed by atoms with Gasteiger partial charge >= 0.3 is 0 Å². The summed E-state index contributed by atoms with van der Waals surface area (Å²) in [5.74, 6) is 0.117. The fourth-order valence-electron chi connectivity index (χ4n) is 2.35. The van der Waals surface area contributed by atoms with Crippen molar-refractivity contribution in [1.29, 1.82) is 0 Å². The Bertz CT molecular complexity index is 810. The van der Waals surface area contributed by atoms with E-state index in [1.165, 1.54) is 0 Å². The molecule has 0 aliphatic rings. The Morgan fingerprint density at radius 1 is 0.909 bits per heavy atom. The quantitative estimate of drug-likeness (QED) is 0.576. The Hall–Kier alpha value is -3.02. The molecule has 1 aromatic carbocycles. The van der Waals surface area contributed by atoms with Gasteiger partial charge in [0.25, 0.3) is 0 Å². The SMILES string of the molecule is Cc1cc(-c2nnc(N)nc2-c2ccccc2)cc(C)[n+]1[O-]. The van der Waals surface area contributed by atoms with Crippen LogP contribution in [-0.2, 0) is 0 Å². The highest BCUT2D eigenvalue weighted by Crippen LogP contribution is 2.28. The molecule has 2 N–H and O–H groups in total. The first kappa shape index (κ1) is 13.9. The molecule has 2 aromatic heterocycles. The largest absolute Gasteiger partial charge is 0.618 e. The lowest BCUT2D eigenvalue weighted by atomic mass is 10.0. The molecule has 0 aliphatic heterocycles. The van der Waals surface area contributed by atoms with Crippen LogP contribution in [0.25, 0.3) is 22.5 Å². The number of nitrogens with zero attached hydrogens (tertiary/aromatic N) is 4. The molecule has 6 nitrogen and oxygen atoms in total. The van der Waals surface area contributed by atoms with Gasteiger partial charge in [0, 0.05) is 37.1 Å². The minimum Gasteiger partial charge on any atom is -0.618 e. The number of pyridine rings is 1. The Morgan fingerprint density at radius 2 is 1.55 bits per heavy atom. The lowest BCUT2D eigenvalue weighted by Gasteiger charge is -2.10. The molecule has 3 aromatic rings. The smallest absolute Gasteiger partial charge is 0.240 e. The van der Waals surface area contributed by atoms with E-state index in [4.69, 9.17) is 5.73 Å². The highest BCUT2D eigenvalue weighted by atomic mass is 16.5. The lowest BCUT2D eigenvalue weighted by molar-refractivity contribution is -0.619. The normalized spacial score (nSPS) is 10.6. The van der Waals surface area contributed by atoms with Gasteiger partial charge in [-0.2, -0.15) is 4.73 Å². The summed E-state index contributed by atoms with van der Waals surface area (Å²) in [6.45, 7) is 3.51. The lowest BCUT2D eigenvalue weighted by Crippen LogP contribution is -2.33. The van der Waals surface area contributed by atoms with Gasteiger partial charge < -0.3 is 10.9 Å². The van der Waals surface area contributed by atoms with Gasteiger partial charge in [-0.3, -0.25) is 0 Å². The molecule has 110 valence electrons. The highest BCUT2D eigenvalue weighted by molar-refractivity contribution is 5.77. The van der Waals surface area contributed by atoms with Crippen LogP contribution in [0.15, 0.2) is 42.5 Å². The van der Waals surface area contributed by atoms with Gasteiger partial charge in [-0.1, -0.05) is 30.3 Å². The molecule has 0 unspecified atom stereocenters. The van der Waals surface area contributed by atoms with Crippen molar-refractivity contribution in [3.63, 3.8) is 0 Å². The van der Waals surface area contributed by atoms with E-state index < -0.39 is 0 Å². The number of rotatable bonds is 2. The molecule has 3 rings (SSSR count). The monoisotopic (exact) mass is 293 g/mol. The second-order valence-corrected chi connectivity index (χ2v) is 5.05. The van der Waals surface area contributed by atoms with Crippen molar-refractivity contribution in [3.05, 3.63) is 59.1 Å². The second kappa shape index (κ2) is 5.40. The summed E-state index contributed by atoms with van der Waals surface area (Å²) in [6.07, 6.45) is 0. The van der Waals surface area contributed by atoms with Gasteiger partial charge in [0.15, 0.2) is 11.4 Å². The molecule has 0 spiro atoms. The number of aryl methyl sites for hydroxylation is 2. The van der Waals surface area contributed by atoms with E-state index >= 15 is 0 Å². The van der Waals surface area contributed by atoms with Crippen LogP contribution in [0, 0.1) is 19.1 Å². The van der Waals surface area contributed by atoms with Crippen LogP contribution in [0.4, 0.5) is 5.95 Å². The number of aromatic nitrogens is 4. The molecule has 0 saturated carbocycles. The Morgan fingerprint density at radius 3 is 2.18 bits per heavy atom. The van der Waals surface area contributed by atoms with E-state index in [0.29, 0.717) is 22.8 Å². The van der Waals surface area contributed by atoms with E-state index in [-0.39, 0.29) is 5.95 Å². The summed E-state index contributed by atoms with van der Waals surface area (Å²) in [6, 6.07) is 13.2. The summed E-state index contributed by atoms with van der Waals surface area (Å²) in [4.78, 5) is 4.32. The van der Waals surface area contributed by atoms with Crippen LogP contribution < -0.4 is 10.5 Å². The van der Waals surface area contributed by atoms with Crippen LogP contribution in [0.2, 0.25) is 0 Å². The third-order valence-electron chi connectivity index (χ3n) is 3.39. The van der Waals surface area contributed by atoms with Gasteiger partial charge in [0.05, 0.1) is 0 Å². The fraction of sp³-hybridized carbons (Fsp3) is 0.125. The van der Waals surface area contributed by atoms with Gasteiger partial charge in [0.1, 0.15) is 11.4 Å². The van der Waals surface area contributed by atoms with Crippen molar-refractivity contribution in [2.75, 3.05) is 5.73 Å². The minimum absolute atomic E-state index is 0.117. The Labute approximate surface area is 127 Å². The first-order chi connectivity index (χ1) is 10.6. The number of anilines is 1. The minimum atomic E-state index is 0.117. The van der Waals surface area contributed by atoms with Crippen molar-refractivity contribution in [3.8, 4) is 22.5 Å². The molecular weight excluding hydrogens is 278 g/mol. The van der Waals surface area contributed by atoms with Crippen molar-refractivity contribution in [2.24, 2.45) is 0 Å². The predicted octanol–water partition coefficient (Wildman–Crippen LogP) is 2.04. The molecule has 2 heterocycles. The summed E-state index contributed by atoms with van der Waals surface area (Å²) < 4.78 is 0.879. The molecule has 0 fully saturated rings. The average Bonchev–Trinajstić information content (AvgIpc) is 2.53. The van der Waals surface area contributed by atoms with E-state index in [1.807, 2.05) is 30.3 Å². The maximum absolute atomic E-state index is 11.8. The van der Waals surface area contributed by atoms with E-state index in [2.05, 4.69) is 15.2 Å². The van der Waals surface area contributed by atoms with E-state index in [0.717, 1.165) is 15.9 Å². The van der Waals surface area contributed by atoms with Crippen LogP contribution in [0.3, 0.4) is 0 Å². The van der Waals surface area contributed by atoms with Crippen LogP contribution in [-0.4, -0.2) is 15.2 Å². The molecule has 0 bridgehead atoms. The van der Waals surface area contributed by atoms with Gasteiger partial charge in [-0.15, -0.1) is 10.2 Å². The molecule has 0 atom stereocenters. The summed E-state index contributed by atoms with van der Waals surface area (Å²) in [7, 11) is 0. The second-order valence-electron chi connectivity index (χ2n) is 5.05. The Balaban J connectivity index is 2.24. The molecule has 0 saturated heterocycles. The third-order valence-corrected chi connectivity index (χ3v) is 3.39. The van der Waals surface area contributed by atoms with Gasteiger partial charge in [0.2, 0.25) is 5.95 Å². The van der Waals surface area contributed by atoms with Crippen LogP contribution in [0.1, 0.15) is 11.4 Å². The molecule has 22 heavy (non-hydrogen) atoms. The number of nitrogens with two attached hydrogens (primary N) is 1. The maximum atomic E-state index is 11.8. The van der Waals surface area contributed by atoms with E-state index in [1.54, 1.807) is 26.0 Å². The van der Waals surface area contributed by atoms with Crippen molar-refractivity contribution in [2.45, 2.75) is 13.8 Å². The third kappa shape index (κ3) is 2.46.